The molecule has 1 aromatic rings. The number of amides is 1. The van der Waals surface area contributed by atoms with Gasteiger partial charge in [0.25, 0.3) is 0 Å². The quantitative estimate of drug-likeness (QED) is 0.366. The molecule has 1 atom stereocenters. The van der Waals surface area contributed by atoms with Gasteiger partial charge < -0.3 is 25.3 Å². The number of rotatable bonds is 3. The van der Waals surface area contributed by atoms with Crippen LogP contribution in [0.2, 0.25) is 0 Å². The minimum atomic E-state index is -0.371. The Morgan fingerprint density at radius 1 is 1.33 bits per heavy atom. The van der Waals surface area contributed by atoms with Crippen molar-refractivity contribution in [3.63, 3.8) is 0 Å². The topological polar surface area (TPSA) is 97.4 Å². The number of nitrogens with zero attached hydrogens (tertiary/aromatic N) is 2. The summed E-state index contributed by atoms with van der Waals surface area (Å²) in [5.74, 6) is 1.47. The van der Waals surface area contributed by atoms with E-state index in [1.807, 2.05) is 11.0 Å². The zero-order chi connectivity index (χ0) is 19.0. The van der Waals surface area contributed by atoms with E-state index in [1.54, 1.807) is 12.1 Å². The summed E-state index contributed by atoms with van der Waals surface area (Å²) in [6.07, 6.45) is 3.80. The molecule has 1 aliphatic carbocycles. The highest BCUT2D eigenvalue weighted by Gasteiger charge is 2.45. The first kappa shape index (κ1) is 18.1. The molecule has 7 nitrogen and oxygen atoms in total. The number of fused-ring (bicyclic) bond motifs is 1. The Morgan fingerprint density at radius 3 is 2.74 bits per heavy atom. The zero-order valence-electron chi connectivity index (χ0n) is 15.7. The van der Waals surface area contributed by atoms with Crippen molar-refractivity contribution in [2.24, 2.45) is 22.2 Å². The maximum Gasteiger partial charge on any atom is 0.229 e. The van der Waals surface area contributed by atoms with Crippen LogP contribution in [-0.4, -0.2) is 47.7 Å². The SMILES string of the molecule is CC1(C(=O)N2Cc3ccc(/C(N)=N/O)cc3OCC2C2CC2)CCOCC1. The van der Waals surface area contributed by atoms with Crippen molar-refractivity contribution < 1.29 is 19.5 Å². The molecule has 2 fully saturated rings. The van der Waals surface area contributed by atoms with Crippen LogP contribution in [0.4, 0.5) is 0 Å². The average molecular weight is 373 g/mol. The van der Waals surface area contributed by atoms with Crippen LogP contribution in [-0.2, 0) is 16.1 Å². The van der Waals surface area contributed by atoms with Crippen molar-refractivity contribution in [3.05, 3.63) is 29.3 Å². The third kappa shape index (κ3) is 3.48. The molecule has 2 heterocycles. The molecule has 27 heavy (non-hydrogen) atoms. The lowest BCUT2D eigenvalue weighted by atomic mass is 9.80. The van der Waals surface area contributed by atoms with Crippen LogP contribution in [0.5, 0.6) is 5.75 Å². The number of amidine groups is 1. The molecule has 146 valence electrons. The molecule has 7 heteroatoms. The standard InChI is InChI=1S/C20H27N3O4/c1-20(6-8-26-9-7-20)19(24)23-11-15-5-4-14(18(21)22-25)10-17(15)27-12-16(23)13-2-3-13/h4-5,10,13,16,25H,2-3,6-9,11-12H2,1H3,(H2,21,22). The van der Waals surface area contributed by atoms with Gasteiger partial charge in [-0.15, -0.1) is 0 Å². The summed E-state index contributed by atoms with van der Waals surface area (Å²) in [4.78, 5) is 15.6. The minimum Gasteiger partial charge on any atom is -0.491 e. The summed E-state index contributed by atoms with van der Waals surface area (Å²) in [6.45, 7) is 4.36. The molecule has 0 aromatic heterocycles. The predicted molar refractivity (Wildman–Crippen MR) is 99.7 cm³/mol. The van der Waals surface area contributed by atoms with Gasteiger partial charge in [-0.2, -0.15) is 0 Å². The number of hydrogen-bond acceptors (Lipinski definition) is 5. The number of oxime groups is 1. The van der Waals surface area contributed by atoms with Crippen molar-refractivity contribution in [2.45, 2.75) is 45.2 Å². The first-order valence-corrected chi connectivity index (χ1v) is 9.64. The Labute approximate surface area is 159 Å². The maximum atomic E-state index is 13.5. The van der Waals surface area contributed by atoms with Crippen LogP contribution in [0.25, 0.3) is 0 Å². The minimum absolute atomic E-state index is 0.0482. The van der Waals surface area contributed by atoms with Gasteiger partial charge in [-0.25, -0.2) is 0 Å². The Hall–Kier alpha value is -2.28. The lowest BCUT2D eigenvalue weighted by Crippen LogP contribution is -2.51. The van der Waals surface area contributed by atoms with Crippen LogP contribution in [0.15, 0.2) is 23.4 Å². The molecule has 1 unspecified atom stereocenters. The Morgan fingerprint density at radius 2 is 2.07 bits per heavy atom. The van der Waals surface area contributed by atoms with Gasteiger partial charge in [0.2, 0.25) is 5.91 Å². The first-order chi connectivity index (χ1) is 13.0. The second-order valence-electron chi connectivity index (χ2n) is 8.13. The van der Waals surface area contributed by atoms with E-state index < -0.39 is 0 Å². The van der Waals surface area contributed by atoms with Gasteiger partial charge in [0.1, 0.15) is 12.4 Å². The molecule has 2 aliphatic heterocycles. The third-order valence-electron chi connectivity index (χ3n) is 6.16. The maximum absolute atomic E-state index is 13.5. The summed E-state index contributed by atoms with van der Waals surface area (Å²) in [6, 6.07) is 5.59. The first-order valence-electron chi connectivity index (χ1n) is 9.64. The van der Waals surface area contributed by atoms with Crippen molar-refractivity contribution in [2.75, 3.05) is 19.8 Å². The van der Waals surface area contributed by atoms with Gasteiger partial charge in [-0.05, 0) is 37.7 Å². The van der Waals surface area contributed by atoms with Crippen LogP contribution >= 0.6 is 0 Å². The van der Waals surface area contributed by atoms with E-state index in [-0.39, 0.29) is 23.2 Å². The molecule has 3 N–H and O–H groups in total. The summed E-state index contributed by atoms with van der Waals surface area (Å²) < 4.78 is 11.6. The third-order valence-corrected chi connectivity index (χ3v) is 6.16. The molecule has 0 bridgehead atoms. The second-order valence-corrected chi connectivity index (χ2v) is 8.13. The number of benzene rings is 1. The normalized spacial score (nSPS) is 25.3. The number of ether oxygens (including phenoxy) is 2. The van der Waals surface area contributed by atoms with E-state index in [9.17, 15) is 4.79 Å². The van der Waals surface area contributed by atoms with Crippen molar-refractivity contribution >= 4 is 11.7 Å². The van der Waals surface area contributed by atoms with E-state index in [0.29, 0.717) is 43.6 Å². The van der Waals surface area contributed by atoms with E-state index in [4.69, 9.17) is 20.4 Å². The van der Waals surface area contributed by atoms with E-state index >= 15 is 0 Å². The molecular weight excluding hydrogens is 346 g/mol. The molecule has 1 saturated carbocycles. The Bertz CT molecular complexity index is 754. The highest BCUT2D eigenvalue weighted by Crippen LogP contribution is 2.42. The smallest absolute Gasteiger partial charge is 0.229 e. The van der Waals surface area contributed by atoms with Gasteiger partial charge >= 0.3 is 0 Å². The summed E-state index contributed by atoms with van der Waals surface area (Å²) in [5.41, 5.74) is 6.90. The van der Waals surface area contributed by atoms with Crippen molar-refractivity contribution in [3.8, 4) is 5.75 Å². The molecule has 0 spiro atoms. The fraction of sp³-hybridized carbons (Fsp3) is 0.600. The fourth-order valence-electron chi connectivity index (χ4n) is 4.08. The van der Waals surface area contributed by atoms with Gasteiger partial charge in [-0.3, -0.25) is 4.79 Å². The van der Waals surface area contributed by atoms with Crippen LogP contribution < -0.4 is 10.5 Å². The fourth-order valence-corrected chi connectivity index (χ4v) is 4.08. The van der Waals surface area contributed by atoms with E-state index in [1.165, 1.54) is 0 Å². The monoisotopic (exact) mass is 373 g/mol. The molecule has 3 aliphatic rings. The van der Waals surface area contributed by atoms with Gasteiger partial charge in [-0.1, -0.05) is 24.2 Å². The average Bonchev–Trinajstić information content (AvgIpc) is 3.52. The number of hydrogen-bond donors (Lipinski definition) is 2. The second kappa shape index (κ2) is 7.03. The van der Waals surface area contributed by atoms with Crippen molar-refractivity contribution in [1.82, 2.24) is 4.90 Å². The highest BCUT2D eigenvalue weighted by atomic mass is 16.5. The molecular formula is C20H27N3O4. The van der Waals surface area contributed by atoms with E-state index in [0.717, 1.165) is 31.2 Å². The predicted octanol–water partition coefficient (Wildman–Crippen LogP) is 2.10. The molecule has 0 radical (unpaired) electrons. The Balaban J connectivity index is 1.64. The zero-order valence-corrected chi connectivity index (χ0v) is 15.7. The lowest BCUT2D eigenvalue weighted by molar-refractivity contribution is -0.150. The number of carbonyl (C=O) groups is 1. The molecule has 1 saturated heterocycles. The highest BCUT2D eigenvalue weighted by molar-refractivity contribution is 5.97. The van der Waals surface area contributed by atoms with Gasteiger partial charge in [0.05, 0.1) is 11.5 Å². The van der Waals surface area contributed by atoms with Gasteiger partial charge in [0.15, 0.2) is 5.84 Å². The summed E-state index contributed by atoms with van der Waals surface area (Å²) >= 11 is 0. The van der Waals surface area contributed by atoms with Crippen molar-refractivity contribution in [1.29, 1.82) is 0 Å². The molecule has 1 amide bonds. The van der Waals surface area contributed by atoms with Crippen LogP contribution in [0.3, 0.4) is 0 Å². The van der Waals surface area contributed by atoms with E-state index in [2.05, 4.69) is 12.1 Å². The number of nitrogens with two attached hydrogens (primary N) is 1. The van der Waals surface area contributed by atoms with Gasteiger partial charge in [0, 0.05) is 30.9 Å². The van der Waals surface area contributed by atoms with Crippen LogP contribution in [0.1, 0.15) is 43.7 Å². The Kier molecular flexibility index (Phi) is 4.72. The summed E-state index contributed by atoms with van der Waals surface area (Å²) in [5, 5.41) is 12.0. The van der Waals surface area contributed by atoms with Crippen LogP contribution in [0, 0.1) is 11.3 Å². The largest absolute Gasteiger partial charge is 0.491 e. The number of carbonyl (C=O) groups excluding carboxylic acids is 1. The summed E-state index contributed by atoms with van der Waals surface area (Å²) in [7, 11) is 0. The molecule has 1 aromatic carbocycles. The molecule has 4 rings (SSSR count). The lowest BCUT2D eigenvalue weighted by Gasteiger charge is -2.39.